The van der Waals surface area contributed by atoms with E-state index in [9.17, 15) is 4.57 Å². The van der Waals surface area contributed by atoms with Gasteiger partial charge in [0.05, 0.1) is 6.61 Å². The fraction of sp³-hybridized carbons (Fsp3) is 1.00. The summed E-state index contributed by atoms with van der Waals surface area (Å²) in [5, 5.41) is 0. The van der Waals surface area contributed by atoms with E-state index in [0.29, 0.717) is 6.42 Å². The Kier molecular flexibility index (Phi) is 9.40. The van der Waals surface area contributed by atoms with Crippen LogP contribution in [0.4, 0.5) is 0 Å². The third-order valence-corrected chi connectivity index (χ3v) is 3.73. The average Bonchev–Trinajstić information content (AvgIpc) is 1.98. The minimum absolute atomic E-state index is 0. The second kappa shape index (κ2) is 7.48. The van der Waals surface area contributed by atoms with E-state index < -0.39 is 16.9 Å². The summed E-state index contributed by atoms with van der Waals surface area (Å²) in [5.74, 6) is 0. The predicted octanol–water partition coefficient (Wildman–Crippen LogP) is -3.29. The van der Waals surface area contributed by atoms with Gasteiger partial charge in [0.25, 0.3) is 0 Å². The zero-order valence-electron chi connectivity index (χ0n) is 9.34. The van der Waals surface area contributed by atoms with E-state index in [1.54, 1.807) is 6.92 Å². The van der Waals surface area contributed by atoms with Crippen molar-refractivity contribution in [3.05, 3.63) is 0 Å². The number of phosphoric acid groups is 1. The molecule has 0 bridgehead atoms. The molecule has 0 amide bonds. The van der Waals surface area contributed by atoms with Crippen LogP contribution in [-0.2, 0) is 17.8 Å². The Labute approximate surface area is 107 Å². The summed E-state index contributed by atoms with van der Waals surface area (Å²) in [4.78, 5) is 25.4. The van der Waals surface area contributed by atoms with Gasteiger partial charge in [0.2, 0.25) is 0 Å². The quantitative estimate of drug-likeness (QED) is 0.338. The van der Waals surface area contributed by atoms with Gasteiger partial charge in [0.1, 0.15) is 0 Å². The Morgan fingerprint density at radius 3 is 2.21 bits per heavy atom. The molecular formula is C4H14NaO7PSi. The maximum atomic E-state index is 11.2. The monoisotopic (exact) mass is 256 g/mol. The molecule has 1 unspecified atom stereocenters. The number of hydrogen-bond acceptors (Lipinski definition) is 7. The van der Waals surface area contributed by atoms with E-state index >= 15 is 0 Å². The summed E-state index contributed by atoms with van der Waals surface area (Å²) in [6, 6.07) is 0. The van der Waals surface area contributed by atoms with Crippen LogP contribution in [0.15, 0.2) is 0 Å². The van der Waals surface area contributed by atoms with E-state index in [1.165, 1.54) is 0 Å². The van der Waals surface area contributed by atoms with Crippen molar-refractivity contribution >= 4 is 16.9 Å². The van der Waals surface area contributed by atoms with Crippen LogP contribution in [0, 0.1) is 0 Å². The van der Waals surface area contributed by atoms with Gasteiger partial charge in [-0.05, 0) is 6.42 Å². The SMILES string of the molecule is CCCOP(=O)(OC)O[Si](O)(O)O.[H-].[Na+]. The first-order chi connectivity index (χ1) is 5.83. The molecule has 0 radical (unpaired) electrons. The Balaban J connectivity index is -0.000000720. The van der Waals surface area contributed by atoms with Gasteiger partial charge in [-0.2, -0.15) is 0 Å². The van der Waals surface area contributed by atoms with Crippen LogP contribution < -0.4 is 29.6 Å². The van der Waals surface area contributed by atoms with Crippen LogP contribution >= 0.6 is 7.82 Å². The first-order valence-corrected chi connectivity index (χ1v) is 6.72. The smallest absolute Gasteiger partial charge is 1.00 e. The molecule has 0 saturated carbocycles. The van der Waals surface area contributed by atoms with Gasteiger partial charge in [-0.25, -0.2) is 4.57 Å². The second-order valence-electron chi connectivity index (χ2n) is 2.13. The Bertz CT molecular complexity index is 200. The van der Waals surface area contributed by atoms with Crippen LogP contribution in [0.2, 0.25) is 0 Å². The molecule has 0 saturated heterocycles. The molecule has 0 aliphatic heterocycles. The van der Waals surface area contributed by atoms with Gasteiger partial charge in [-0.3, -0.25) is 13.3 Å². The van der Waals surface area contributed by atoms with Gasteiger partial charge < -0.3 is 15.8 Å². The zero-order valence-corrected chi connectivity index (χ0v) is 12.2. The summed E-state index contributed by atoms with van der Waals surface area (Å²) < 4.78 is 24.1. The molecule has 3 N–H and O–H groups in total. The Morgan fingerprint density at radius 2 is 1.93 bits per heavy atom. The Morgan fingerprint density at radius 1 is 1.43 bits per heavy atom. The molecule has 14 heavy (non-hydrogen) atoms. The van der Waals surface area contributed by atoms with Crippen molar-refractivity contribution in [2.24, 2.45) is 0 Å². The summed E-state index contributed by atoms with van der Waals surface area (Å²) in [7, 11) is -7.89. The number of hydrogen-bond donors (Lipinski definition) is 3. The van der Waals surface area contributed by atoms with Crippen LogP contribution in [-0.4, -0.2) is 37.2 Å². The van der Waals surface area contributed by atoms with Crippen LogP contribution in [0.1, 0.15) is 14.8 Å². The molecule has 7 nitrogen and oxygen atoms in total. The first-order valence-electron chi connectivity index (χ1n) is 3.51. The van der Waals surface area contributed by atoms with Gasteiger partial charge in [0, 0.05) is 7.11 Å². The van der Waals surface area contributed by atoms with Crippen LogP contribution in [0.25, 0.3) is 0 Å². The molecule has 0 spiro atoms. The first kappa shape index (κ1) is 17.6. The molecule has 0 aromatic rings. The van der Waals surface area contributed by atoms with Crippen molar-refractivity contribution in [3.63, 3.8) is 0 Å². The van der Waals surface area contributed by atoms with E-state index in [1.807, 2.05) is 0 Å². The number of rotatable bonds is 6. The molecular weight excluding hydrogens is 242 g/mol. The summed E-state index contributed by atoms with van der Waals surface area (Å²) in [5.41, 5.74) is 0. The average molecular weight is 256 g/mol. The molecule has 0 aromatic carbocycles. The van der Waals surface area contributed by atoms with E-state index in [0.717, 1.165) is 7.11 Å². The second-order valence-corrected chi connectivity index (χ2v) is 5.52. The van der Waals surface area contributed by atoms with Gasteiger partial charge in [0.15, 0.2) is 0 Å². The number of phosphoric ester groups is 1. The van der Waals surface area contributed by atoms with Gasteiger partial charge in [-0.15, -0.1) is 0 Å². The standard InChI is InChI=1S/C4H13O7PSi.Na.H/c1-3-4-10-12(5,9-2)11-13(6,7)8;;/h6-8H,3-4H2,1-2H3;;/q;+1;-1. The van der Waals surface area contributed by atoms with Gasteiger partial charge >= 0.3 is 46.4 Å². The molecule has 0 aliphatic rings. The van der Waals surface area contributed by atoms with Crippen molar-refractivity contribution in [2.45, 2.75) is 13.3 Å². The van der Waals surface area contributed by atoms with Crippen LogP contribution in [0.5, 0.6) is 0 Å². The van der Waals surface area contributed by atoms with Gasteiger partial charge in [-0.1, -0.05) is 6.92 Å². The largest absolute Gasteiger partial charge is 1.00 e. The zero-order chi connectivity index (χ0) is 10.5. The van der Waals surface area contributed by atoms with Crippen molar-refractivity contribution < 1.29 is 63.2 Å². The normalized spacial score (nSPS) is 15.8. The van der Waals surface area contributed by atoms with Crippen molar-refractivity contribution in [2.75, 3.05) is 13.7 Å². The fourth-order valence-corrected chi connectivity index (χ4v) is 2.69. The van der Waals surface area contributed by atoms with Crippen molar-refractivity contribution in [3.8, 4) is 0 Å². The molecule has 0 heterocycles. The predicted molar refractivity (Wildman–Crippen MR) is 45.5 cm³/mol. The summed E-state index contributed by atoms with van der Waals surface area (Å²) >= 11 is 0. The maximum Gasteiger partial charge on any atom is 1.00 e. The third kappa shape index (κ3) is 8.51. The summed E-state index contributed by atoms with van der Waals surface area (Å²) in [6.45, 7) is 1.82. The topological polar surface area (TPSA) is 105 Å². The molecule has 1 atom stereocenters. The Hall–Kier alpha value is 1.21. The maximum absolute atomic E-state index is 11.2. The molecule has 10 heteroatoms. The van der Waals surface area contributed by atoms with Crippen LogP contribution in [0.3, 0.4) is 0 Å². The summed E-state index contributed by atoms with van der Waals surface area (Å²) in [6.07, 6.45) is 0.549. The molecule has 82 valence electrons. The van der Waals surface area contributed by atoms with E-state index in [-0.39, 0.29) is 37.6 Å². The third-order valence-electron chi connectivity index (χ3n) is 0.911. The van der Waals surface area contributed by atoms with Crippen molar-refractivity contribution in [1.29, 1.82) is 0 Å². The molecule has 0 aliphatic carbocycles. The molecule has 0 rings (SSSR count). The van der Waals surface area contributed by atoms with E-state index in [4.69, 9.17) is 14.4 Å². The molecule has 0 aromatic heterocycles. The molecule has 0 fully saturated rings. The minimum atomic E-state index is -4.88. The fourth-order valence-electron chi connectivity index (χ4n) is 0.469. The van der Waals surface area contributed by atoms with E-state index in [2.05, 4.69) is 13.3 Å². The van der Waals surface area contributed by atoms with Crippen molar-refractivity contribution in [1.82, 2.24) is 0 Å². The minimum Gasteiger partial charge on any atom is -1.00 e.